The molecule has 1 saturated heterocycles. The molecule has 3 aromatic heterocycles. The predicted molar refractivity (Wildman–Crippen MR) is 139 cm³/mol. The molecule has 4 heterocycles. The lowest BCUT2D eigenvalue weighted by Gasteiger charge is -2.35. The molecule has 9 nitrogen and oxygen atoms in total. The molecule has 36 heavy (non-hydrogen) atoms. The number of hydrogen-bond donors (Lipinski definition) is 0. The number of pyridine rings is 1. The van der Waals surface area contributed by atoms with E-state index in [1.807, 2.05) is 79.0 Å². The molecule has 186 valence electrons. The Balaban J connectivity index is 1.24. The van der Waals surface area contributed by atoms with Crippen LogP contribution < -0.4 is 9.44 Å². The van der Waals surface area contributed by atoms with Crippen LogP contribution in [-0.4, -0.2) is 56.4 Å². The minimum absolute atomic E-state index is 0.131. The highest BCUT2D eigenvalue weighted by atomic mass is 16.3. The van der Waals surface area contributed by atoms with Gasteiger partial charge in [-0.1, -0.05) is 23.8 Å². The molecule has 0 bridgehead atoms. The summed E-state index contributed by atoms with van der Waals surface area (Å²) in [5.74, 6) is 1.08. The lowest BCUT2D eigenvalue weighted by molar-refractivity contribution is -0.574. The van der Waals surface area contributed by atoms with E-state index in [2.05, 4.69) is 15.0 Å². The molecule has 0 N–H and O–H groups in total. The van der Waals surface area contributed by atoms with E-state index in [4.69, 9.17) is 0 Å². The van der Waals surface area contributed by atoms with Gasteiger partial charge in [0.05, 0.1) is 27.6 Å². The molecule has 4 aromatic rings. The van der Waals surface area contributed by atoms with Crippen molar-refractivity contribution >= 4 is 22.8 Å². The number of rotatable bonds is 6. The smallest absolute Gasteiger partial charge is 0.353 e. The maximum Gasteiger partial charge on any atom is 0.422 e. The first kappa shape index (κ1) is 23.7. The van der Waals surface area contributed by atoms with Crippen molar-refractivity contribution in [3.8, 4) is 5.69 Å². The van der Waals surface area contributed by atoms with Gasteiger partial charge in [-0.25, -0.2) is 4.98 Å². The van der Waals surface area contributed by atoms with Crippen molar-refractivity contribution in [1.29, 1.82) is 0 Å². The Morgan fingerprint density at radius 3 is 2.44 bits per heavy atom. The Hall–Kier alpha value is -4.01. The average molecular weight is 487 g/mol. The van der Waals surface area contributed by atoms with Crippen LogP contribution in [0.3, 0.4) is 0 Å². The third kappa shape index (κ3) is 4.60. The van der Waals surface area contributed by atoms with Crippen LogP contribution >= 0.6 is 0 Å². The van der Waals surface area contributed by atoms with E-state index in [-0.39, 0.29) is 5.91 Å². The van der Waals surface area contributed by atoms with Crippen molar-refractivity contribution in [1.82, 2.24) is 24.3 Å². The molecule has 0 atom stereocenters. The van der Waals surface area contributed by atoms with Crippen LogP contribution in [0.4, 0.5) is 5.82 Å². The first-order valence-electron chi connectivity index (χ1n) is 12.5. The van der Waals surface area contributed by atoms with E-state index in [1.54, 1.807) is 10.9 Å². The minimum Gasteiger partial charge on any atom is -0.353 e. The molecule has 1 fully saturated rings. The molecule has 5 rings (SSSR count). The first-order valence-corrected chi connectivity index (χ1v) is 12.5. The number of nitrogens with zero attached hydrogens (tertiary/aromatic N) is 7. The zero-order valence-corrected chi connectivity index (χ0v) is 21.1. The van der Waals surface area contributed by atoms with E-state index in [1.165, 1.54) is 5.56 Å². The molecule has 1 aliphatic rings. The Bertz CT molecular complexity index is 1430. The first-order chi connectivity index (χ1) is 17.4. The quantitative estimate of drug-likeness (QED) is 0.391. The Morgan fingerprint density at radius 2 is 1.75 bits per heavy atom. The molecule has 0 saturated carbocycles. The standard InChI is InChI=1S/C27H32N7O2/c1-20-9-11-23(12-10-20)33-22(3)26-21(2)19-32(34(36)27(26)29-33)14-6-8-25(35)31-17-15-30(16-18-31)24-7-4-5-13-28-24/h4-5,7,9-13,19H,6,8,14-18H2,1-3H3/q+1. The second-order valence-electron chi connectivity index (χ2n) is 9.44. The van der Waals surface area contributed by atoms with Crippen molar-refractivity contribution in [3.05, 3.63) is 76.6 Å². The minimum atomic E-state index is 0.131. The topological polar surface area (TPSA) is 82.2 Å². The molecule has 9 heteroatoms. The highest BCUT2D eigenvalue weighted by Gasteiger charge is 2.25. The largest absolute Gasteiger partial charge is 0.422 e. The summed E-state index contributed by atoms with van der Waals surface area (Å²) in [6.07, 6.45) is 4.65. The number of fused-ring (bicyclic) bond motifs is 1. The molecule has 0 unspecified atom stereocenters. The summed E-state index contributed by atoms with van der Waals surface area (Å²) < 4.78 is 4.30. The number of hydrogen-bond acceptors (Lipinski definition) is 5. The predicted octanol–water partition coefficient (Wildman–Crippen LogP) is 3.19. The zero-order chi connectivity index (χ0) is 25.2. The van der Waals surface area contributed by atoms with Crippen LogP contribution in [0.25, 0.3) is 16.7 Å². The van der Waals surface area contributed by atoms with Gasteiger partial charge in [0.25, 0.3) is 0 Å². The van der Waals surface area contributed by atoms with E-state index in [9.17, 15) is 9.70 Å². The number of amides is 1. The van der Waals surface area contributed by atoms with Crippen LogP contribution in [0.5, 0.6) is 0 Å². The maximum absolute atomic E-state index is 13.2. The fourth-order valence-corrected chi connectivity index (χ4v) is 4.91. The summed E-state index contributed by atoms with van der Waals surface area (Å²) >= 11 is 0. The monoisotopic (exact) mass is 486 g/mol. The lowest BCUT2D eigenvalue weighted by Crippen LogP contribution is -2.49. The Morgan fingerprint density at radius 1 is 1.00 bits per heavy atom. The van der Waals surface area contributed by atoms with E-state index < -0.39 is 0 Å². The van der Waals surface area contributed by atoms with Crippen molar-refractivity contribution in [2.75, 3.05) is 31.1 Å². The van der Waals surface area contributed by atoms with Crippen LogP contribution in [0.1, 0.15) is 29.7 Å². The van der Waals surface area contributed by atoms with Gasteiger partial charge >= 0.3 is 5.65 Å². The van der Waals surface area contributed by atoms with Crippen LogP contribution in [0.15, 0.2) is 54.9 Å². The van der Waals surface area contributed by atoms with Crippen LogP contribution in [0, 0.1) is 25.7 Å². The Labute approximate surface area is 210 Å². The number of carbonyl (C=O) groups excluding carboxylic acids is 1. The summed E-state index contributed by atoms with van der Waals surface area (Å²) in [6, 6.07) is 14.0. The summed E-state index contributed by atoms with van der Waals surface area (Å²) in [7, 11) is 0. The third-order valence-electron chi connectivity index (χ3n) is 6.91. The summed E-state index contributed by atoms with van der Waals surface area (Å²) in [5.41, 5.74) is 4.41. The second kappa shape index (κ2) is 9.93. The van der Waals surface area contributed by atoms with Crippen molar-refractivity contribution in [3.63, 3.8) is 0 Å². The van der Waals surface area contributed by atoms with E-state index in [0.717, 1.165) is 45.8 Å². The molecule has 1 aromatic carbocycles. The maximum atomic E-state index is 13.2. The average Bonchev–Trinajstić information content (AvgIpc) is 3.25. The van der Waals surface area contributed by atoms with Gasteiger partial charge in [0, 0.05) is 45.0 Å². The van der Waals surface area contributed by atoms with Gasteiger partial charge in [0.2, 0.25) is 5.91 Å². The summed E-state index contributed by atoms with van der Waals surface area (Å²) in [6.45, 7) is 9.40. The molecule has 1 amide bonds. The van der Waals surface area contributed by atoms with Crippen molar-refractivity contribution < 1.29 is 9.34 Å². The second-order valence-corrected chi connectivity index (χ2v) is 9.44. The number of anilines is 1. The molecular weight excluding hydrogens is 454 g/mol. The lowest BCUT2D eigenvalue weighted by atomic mass is 10.2. The number of carbonyl (C=O) groups is 1. The number of benzene rings is 1. The molecule has 0 spiro atoms. The Kier molecular flexibility index (Phi) is 6.54. The SMILES string of the molecule is Cc1ccc(-n2nc3c(c(C)cn(CCCC(=O)N4CCN(c5ccccn5)CC4)[n+]3=O)c2C)cc1. The third-order valence-corrected chi connectivity index (χ3v) is 6.91. The summed E-state index contributed by atoms with van der Waals surface area (Å²) in [5, 5.41) is 5.51. The molecular formula is C27H32N7O2+. The number of piperazine rings is 1. The molecule has 0 aliphatic carbocycles. The molecule has 0 radical (unpaired) electrons. The zero-order valence-electron chi connectivity index (χ0n) is 21.1. The highest BCUT2D eigenvalue weighted by molar-refractivity contribution is 5.79. The van der Waals surface area contributed by atoms with E-state index >= 15 is 0 Å². The van der Waals surface area contributed by atoms with Crippen LogP contribution in [0.2, 0.25) is 0 Å². The summed E-state index contributed by atoms with van der Waals surface area (Å²) in [4.78, 5) is 34.5. The van der Waals surface area contributed by atoms with Gasteiger partial charge in [-0.05, 0) is 61.9 Å². The van der Waals surface area contributed by atoms with Gasteiger partial charge in [-0.15, -0.1) is 4.68 Å². The fraction of sp³-hybridized carbons (Fsp3) is 0.370. The highest BCUT2D eigenvalue weighted by Crippen LogP contribution is 2.22. The normalized spacial score (nSPS) is 14.0. The fourth-order valence-electron chi connectivity index (χ4n) is 4.91. The van der Waals surface area contributed by atoms with Gasteiger partial charge in [0.15, 0.2) is 0 Å². The van der Waals surface area contributed by atoms with Gasteiger partial charge < -0.3 is 9.80 Å². The van der Waals surface area contributed by atoms with Crippen LogP contribution in [-0.2, 0) is 11.3 Å². The molecule has 1 aliphatic heterocycles. The van der Waals surface area contributed by atoms with Gasteiger partial charge in [-0.2, -0.15) is 4.68 Å². The number of aromatic nitrogens is 5. The number of aryl methyl sites for hydroxylation is 4. The van der Waals surface area contributed by atoms with Crippen molar-refractivity contribution in [2.24, 2.45) is 0 Å². The van der Waals surface area contributed by atoms with Gasteiger partial charge in [0.1, 0.15) is 11.2 Å². The van der Waals surface area contributed by atoms with Crippen molar-refractivity contribution in [2.45, 2.75) is 40.2 Å². The van der Waals surface area contributed by atoms with Gasteiger partial charge in [-0.3, -0.25) is 4.79 Å². The van der Waals surface area contributed by atoms with E-state index in [0.29, 0.717) is 38.1 Å².